The number of hydrogen-bond donors (Lipinski definition) is 1. The number of benzene rings is 1. The van der Waals surface area contributed by atoms with Crippen molar-refractivity contribution < 1.29 is 4.74 Å². The van der Waals surface area contributed by atoms with Gasteiger partial charge in [-0.15, -0.1) is 0 Å². The van der Waals surface area contributed by atoms with Crippen molar-refractivity contribution in [2.45, 2.75) is 13.0 Å². The molecule has 3 aromatic rings. The van der Waals surface area contributed by atoms with Crippen molar-refractivity contribution in [3.05, 3.63) is 54.7 Å². The normalized spacial score (nSPS) is 11.9. The maximum absolute atomic E-state index is 5.09. The number of rotatable bonds is 5. The van der Waals surface area contributed by atoms with E-state index in [-0.39, 0.29) is 6.04 Å². The molecule has 7 heteroatoms. The van der Waals surface area contributed by atoms with Crippen LogP contribution in [-0.4, -0.2) is 31.8 Å². The maximum atomic E-state index is 5.09. The van der Waals surface area contributed by atoms with Crippen LogP contribution in [-0.2, 0) is 0 Å². The maximum Gasteiger partial charge on any atom is 0.226 e. The summed E-state index contributed by atoms with van der Waals surface area (Å²) in [6.45, 7) is 2.05. The Morgan fingerprint density at radius 3 is 2.68 bits per heavy atom. The lowest BCUT2D eigenvalue weighted by atomic mass is 10.1. The third-order valence-corrected chi connectivity index (χ3v) is 3.26. The number of nitrogens with one attached hydrogen (secondary N) is 1. The monoisotopic (exact) mass is 296 g/mol. The fraction of sp³-hybridized carbons (Fsp3) is 0.200. The van der Waals surface area contributed by atoms with Crippen molar-refractivity contribution in [3.8, 4) is 11.6 Å². The van der Waals surface area contributed by atoms with E-state index in [0.717, 1.165) is 11.3 Å². The topological polar surface area (TPSA) is 77.8 Å². The second-order valence-electron chi connectivity index (χ2n) is 4.72. The Balaban J connectivity index is 1.73. The van der Waals surface area contributed by atoms with Crippen LogP contribution >= 0.6 is 0 Å². The second kappa shape index (κ2) is 6.21. The van der Waals surface area contributed by atoms with Crippen molar-refractivity contribution in [1.29, 1.82) is 0 Å². The molecule has 0 saturated heterocycles. The van der Waals surface area contributed by atoms with E-state index in [1.165, 1.54) is 6.33 Å². The van der Waals surface area contributed by atoms with Gasteiger partial charge in [0.25, 0.3) is 0 Å². The molecule has 112 valence electrons. The zero-order chi connectivity index (χ0) is 15.4. The quantitative estimate of drug-likeness (QED) is 0.778. The number of hydrogen-bond acceptors (Lipinski definition) is 6. The Morgan fingerprint density at radius 1 is 1.18 bits per heavy atom. The summed E-state index contributed by atoms with van der Waals surface area (Å²) >= 11 is 0. The highest BCUT2D eigenvalue weighted by Gasteiger charge is 2.08. The van der Waals surface area contributed by atoms with Gasteiger partial charge >= 0.3 is 0 Å². The number of anilines is 1. The Hall–Kier alpha value is -2.96. The average molecular weight is 296 g/mol. The van der Waals surface area contributed by atoms with Crippen LogP contribution in [0.15, 0.2) is 49.2 Å². The highest BCUT2D eigenvalue weighted by molar-refractivity contribution is 5.38. The molecule has 0 aliphatic heterocycles. The number of nitrogens with zero attached hydrogens (tertiary/aromatic N) is 5. The summed E-state index contributed by atoms with van der Waals surface area (Å²) in [5.41, 5.74) is 2.08. The molecule has 0 aliphatic carbocycles. The van der Waals surface area contributed by atoms with Crippen LogP contribution in [0.5, 0.6) is 5.88 Å². The van der Waals surface area contributed by atoms with Gasteiger partial charge in [0.15, 0.2) is 0 Å². The third-order valence-electron chi connectivity index (χ3n) is 3.26. The molecular weight excluding hydrogens is 280 g/mol. The van der Waals surface area contributed by atoms with Gasteiger partial charge < -0.3 is 10.1 Å². The minimum Gasteiger partial charge on any atom is -0.481 e. The molecule has 0 amide bonds. The zero-order valence-electron chi connectivity index (χ0n) is 12.3. The van der Waals surface area contributed by atoms with Crippen molar-refractivity contribution in [3.63, 3.8) is 0 Å². The first-order chi connectivity index (χ1) is 10.8. The highest BCUT2D eigenvalue weighted by Crippen LogP contribution is 2.19. The summed E-state index contributed by atoms with van der Waals surface area (Å²) in [5, 5.41) is 7.35. The molecule has 3 rings (SSSR count). The van der Waals surface area contributed by atoms with Gasteiger partial charge in [0.05, 0.1) is 18.8 Å². The van der Waals surface area contributed by atoms with E-state index in [4.69, 9.17) is 4.74 Å². The minimum atomic E-state index is 0.0666. The molecule has 1 atom stereocenters. The van der Waals surface area contributed by atoms with Crippen LogP contribution in [0.3, 0.4) is 0 Å². The summed E-state index contributed by atoms with van der Waals surface area (Å²) in [4.78, 5) is 12.4. The summed E-state index contributed by atoms with van der Waals surface area (Å²) in [6.07, 6.45) is 4.84. The lowest BCUT2D eigenvalue weighted by Crippen LogP contribution is -2.09. The van der Waals surface area contributed by atoms with Crippen LogP contribution < -0.4 is 10.1 Å². The molecule has 2 aromatic heterocycles. The minimum absolute atomic E-state index is 0.0666. The van der Waals surface area contributed by atoms with Crippen LogP contribution in [0.1, 0.15) is 18.5 Å². The van der Waals surface area contributed by atoms with Gasteiger partial charge in [0.2, 0.25) is 11.8 Å². The summed E-state index contributed by atoms with van der Waals surface area (Å²) in [5.74, 6) is 1.07. The first kappa shape index (κ1) is 14.0. The van der Waals surface area contributed by atoms with E-state index in [1.807, 2.05) is 31.2 Å². The van der Waals surface area contributed by atoms with Gasteiger partial charge in [-0.3, -0.25) is 0 Å². The second-order valence-corrected chi connectivity index (χ2v) is 4.72. The Morgan fingerprint density at radius 2 is 2.00 bits per heavy atom. The summed E-state index contributed by atoms with van der Waals surface area (Å²) < 4.78 is 6.81. The number of methoxy groups -OCH3 is 1. The van der Waals surface area contributed by atoms with Gasteiger partial charge in [0, 0.05) is 12.3 Å². The zero-order valence-corrected chi connectivity index (χ0v) is 12.3. The Kier molecular flexibility index (Phi) is 3.95. The molecule has 7 nitrogen and oxygen atoms in total. The molecule has 0 saturated carbocycles. The van der Waals surface area contributed by atoms with E-state index >= 15 is 0 Å². The fourth-order valence-corrected chi connectivity index (χ4v) is 2.06. The average Bonchev–Trinajstić information content (AvgIpc) is 3.09. The van der Waals surface area contributed by atoms with E-state index in [2.05, 4.69) is 25.4 Å². The van der Waals surface area contributed by atoms with Crippen LogP contribution in [0.25, 0.3) is 5.69 Å². The van der Waals surface area contributed by atoms with E-state index in [0.29, 0.717) is 11.8 Å². The largest absolute Gasteiger partial charge is 0.481 e. The number of aromatic nitrogens is 5. The molecule has 1 N–H and O–H groups in total. The molecular formula is C15H16N6O. The lowest BCUT2D eigenvalue weighted by molar-refractivity contribution is 0.397. The van der Waals surface area contributed by atoms with Crippen LogP contribution in [0.2, 0.25) is 0 Å². The fourth-order valence-electron chi connectivity index (χ4n) is 2.06. The molecule has 1 unspecified atom stereocenters. The molecule has 0 aliphatic rings. The lowest BCUT2D eigenvalue weighted by Gasteiger charge is -2.15. The van der Waals surface area contributed by atoms with E-state index in [1.54, 1.807) is 30.4 Å². The SMILES string of the molecule is COc1ccnc(NC(C)c2ccc(-n3cncn3)cc2)n1. The predicted octanol–water partition coefficient (Wildman–Crippen LogP) is 2.24. The van der Waals surface area contributed by atoms with Gasteiger partial charge in [-0.1, -0.05) is 12.1 Å². The smallest absolute Gasteiger partial charge is 0.226 e. The Bertz CT molecular complexity index is 726. The predicted molar refractivity (Wildman–Crippen MR) is 82.0 cm³/mol. The van der Waals surface area contributed by atoms with Gasteiger partial charge in [-0.2, -0.15) is 10.1 Å². The Labute approximate surface area is 128 Å². The molecule has 0 fully saturated rings. The van der Waals surface area contributed by atoms with Gasteiger partial charge in [-0.25, -0.2) is 14.6 Å². The van der Waals surface area contributed by atoms with Crippen LogP contribution in [0.4, 0.5) is 5.95 Å². The summed E-state index contributed by atoms with van der Waals surface area (Å²) in [7, 11) is 1.58. The van der Waals surface area contributed by atoms with Gasteiger partial charge in [0.1, 0.15) is 12.7 Å². The van der Waals surface area contributed by atoms with Crippen LogP contribution in [0, 0.1) is 0 Å². The highest BCUT2D eigenvalue weighted by atomic mass is 16.5. The van der Waals surface area contributed by atoms with Crippen molar-refractivity contribution in [2.75, 3.05) is 12.4 Å². The first-order valence-corrected chi connectivity index (χ1v) is 6.85. The van der Waals surface area contributed by atoms with Crippen molar-refractivity contribution in [2.24, 2.45) is 0 Å². The first-order valence-electron chi connectivity index (χ1n) is 6.85. The molecule has 2 heterocycles. The molecule has 0 spiro atoms. The number of ether oxygens (including phenoxy) is 1. The summed E-state index contributed by atoms with van der Waals surface area (Å²) in [6, 6.07) is 9.84. The molecule has 1 aromatic carbocycles. The third kappa shape index (κ3) is 3.03. The molecule has 0 radical (unpaired) electrons. The molecule has 0 bridgehead atoms. The molecule has 22 heavy (non-hydrogen) atoms. The van der Waals surface area contributed by atoms with E-state index < -0.39 is 0 Å². The van der Waals surface area contributed by atoms with E-state index in [9.17, 15) is 0 Å². The standard InChI is InChI=1S/C15H16N6O/c1-11(19-15-17-8-7-14(20-15)22-2)12-3-5-13(6-4-12)21-10-16-9-18-21/h3-11H,1-2H3,(H,17,19,20). The van der Waals surface area contributed by atoms with Crippen molar-refractivity contribution >= 4 is 5.95 Å². The van der Waals surface area contributed by atoms with Crippen molar-refractivity contribution in [1.82, 2.24) is 24.7 Å². The van der Waals surface area contributed by atoms with Gasteiger partial charge in [-0.05, 0) is 24.6 Å².